The van der Waals surface area contributed by atoms with Crippen molar-refractivity contribution in [3.8, 4) is 0 Å². The van der Waals surface area contributed by atoms with Gasteiger partial charge in [-0.15, -0.1) is 11.3 Å². The largest absolute Gasteiger partial charge is 0.462 e. The molecule has 0 aliphatic heterocycles. The molecule has 0 spiro atoms. The van der Waals surface area contributed by atoms with Crippen LogP contribution in [0.2, 0.25) is 0 Å². The second-order valence-corrected chi connectivity index (χ2v) is 5.60. The predicted octanol–water partition coefficient (Wildman–Crippen LogP) is 3.82. The third-order valence-corrected chi connectivity index (χ3v) is 3.88. The van der Waals surface area contributed by atoms with E-state index in [0.29, 0.717) is 5.56 Å². The van der Waals surface area contributed by atoms with Gasteiger partial charge in [0, 0.05) is 11.3 Å². The summed E-state index contributed by atoms with van der Waals surface area (Å²) < 4.78 is 41.1. The van der Waals surface area contributed by atoms with Crippen LogP contribution in [0.1, 0.15) is 40.6 Å². The van der Waals surface area contributed by atoms with Gasteiger partial charge in [-0.3, -0.25) is 4.79 Å². The summed E-state index contributed by atoms with van der Waals surface area (Å²) >= 11 is 1.14. The lowest BCUT2D eigenvalue weighted by atomic mass is 10.1. The van der Waals surface area contributed by atoms with Crippen molar-refractivity contribution >= 4 is 28.2 Å². The molecular formula is C13H16F3NO3S. The number of nitrogens with one attached hydrogen (secondary N) is 1. The summed E-state index contributed by atoms with van der Waals surface area (Å²) in [4.78, 5) is 24.2. The van der Waals surface area contributed by atoms with Crippen molar-refractivity contribution < 1.29 is 27.5 Å². The van der Waals surface area contributed by atoms with E-state index in [9.17, 15) is 22.8 Å². The molecule has 1 rings (SSSR count). The van der Waals surface area contributed by atoms with Crippen molar-refractivity contribution in [1.29, 1.82) is 0 Å². The molecule has 21 heavy (non-hydrogen) atoms. The Bertz CT molecular complexity index is 537. The van der Waals surface area contributed by atoms with Crippen molar-refractivity contribution in [1.82, 2.24) is 0 Å². The minimum absolute atomic E-state index is 0.175. The summed E-state index contributed by atoms with van der Waals surface area (Å²) in [5.41, 5.74) is 0.865. The lowest BCUT2D eigenvalue weighted by molar-refractivity contribution is -0.142. The fraction of sp³-hybridized carbons (Fsp3) is 0.538. The topological polar surface area (TPSA) is 55.4 Å². The van der Waals surface area contributed by atoms with Gasteiger partial charge in [0.2, 0.25) is 5.91 Å². The maximum atomic E-state index is 12.1. The quantitative estimate of drug-likeness (QED) is 0.838. The van der Waals surface area contributed by atoms with Crippen LogP contribution in [0.15, 0.2) is 0 Å². The zero-order valence-corrected chi connectivity index (χ0v) is 12.7. The highest BCUT2D eigenvalue weighted by atomic mass is 32.1. The molecule has 1 heterocycles. The summed E-state index contributed by atoms with van der Waals surface area (Å²) in [6.45, 7) is 5.28. The van der Waals surface area contributed by atoms with Crippen molar-refractivity contribution in [2.75, 3.05) is 11.9 Å². The SMILES string of the molecule is CCOC(=O)c1c(NC(=O)CCC(F)(F)F)sc(C)c1C. The molecule has 0 fully saturated rings. The summed E-state index contributed by atoms with van der Waals surface area (Å²) in [6, 6.07) is 0. The molecule has 0 unspecified atom stereocenters. The van der Waals surface area contributed by atoms with Gasteiger partial charge >= 0.3 is 12.1 Å². The number of amides is 1. The lowest BCUT2D eigenvalue weighted by Crippen LogP contribution is -2.17. The van der Waals surface area contributed by atoms with Crippen molar-refractivity contribution in [3.63, 3.8) is 0 Å². The van der Waals surface area contributed by atoms with Crippen LogP contribution < -0.4 is 5.32 Å². The number of ether oxygens (including phenoxy) is 1. The van der Waals surface area contributed by atoms with Crippen LogP contribution in [0.5, 0.6) is 0 Å². The highest BCUT2D eigenvalue weighted by molar-refractivity contribution is 7.16. The smallest absolute Gasteiger partial charge is 0.389 e. The van der Waals surface area contributed by atoms with E-state index in [2.05, 4.69) is 5.32 Å². The van der Waals surface area contributed by atoms with Gasteiger partial charge in [0.1, 0.15) is 5.00 Å². The Balaban J connectivity index is 2.86. The normalized spacial score (nSPS) is 11.3. The van der Waals surface area contributed by atoms with Gasteiger partial charge in [0.15, 0.2) is 0 Å². The van der Waals surface area contributed by atoms with Crippen LogP contribution in [-0.4, -0.2) is 24.7 Å². The molecule has 0 atom stereocenters. The Morgan fingerprint density at radius 3 is 2.43 bits per heavy atom. The van der Waals surface area contributed by atoms with E-state index < -0.39 is 30.9 Å². The number of carbonyl (C=O) groups excluding carboxylic acids is 2. The van der Waals surface area contributed by atoms with Crippen LogP contribution in [0.3, 0.4) is 0 Å². The van der Waals surface area contributed by atoms with Gasteiger partial charge in [0.05, 0.1) is 18.6 Å². The van der Waals surface area contributed by atoms with E-state index in [4.69, 9.17) is 4.74 Å². The van der Waals surface area contributed by atoms with Crippen LogP contribution in [0.4, 0.5) is 18.2 Å². The lowest BCUT2D eigenvalue weighted by Gasteiger charge is -2.08. The van der Waals surface area contributed by atoms with Crippen LogP contribution in [0.25, 0.3) is 0 Å². The van der Waals surface area contributed by atoms with E-state index >= 15 is 0 Å². The van der Waals surface area contributed by atoms with Crippen molar-refractivity contribution in [2.45, 2.75) is 39.8 Å². The summed E-state index contributed by atoms with van der Waals surface area (Å²) in [5, 5.41) is 2.59. The molecule has 0 aliphatic rings. The van der Waals surface area contributed by atoms with E-state index in [0.717, 1.165) is 16.2 Å². The molecule has 4 nitrogen and oxygen atoms in total. The fourth-order valence-electron chi connectivity index (χ4n) is 1.61. The maximum Gasteiger partial charge on any atom is 0.389 e. The molecule has 1 aromatic heterocycles. The Morgan fingerprint density at radius 2 is 1.90 bits per heavy atom. The van der Waals surface area contributed by atoms with E-state index in [1.165, 1.54) is 0 Å². The first-order valence-corrected chi connectivity index (χ1v) is 7.11. The number of hydrogen-bond acceptors (Lipinski definition) is 4. The first-order valence-electron chi connectivity index (χ1n) is 6.29. The second-order valence-electron chi connectivity index (χ2n) is 4.37. The molecule has 0 saturated heterocycles. The summed E-state index contributed by atoms with van der Waals surface area (Å²) in [5.74, 6) is -1.37. The average molecular weight is 323 g/mol. The molecule has 0 bridgehead atoms. The number of halogens is 3. The standard InChI is InChI=1S/C13H16F3NO3S/c1-4-20-12(19)10-7(2)8(3)21-11(10)17-9(18)5-6-13(14,15)16/h4-6H2,1-3H3,(H,17,18). The molecule has 0 aromatic carbocycles. The van der Waals surface area contributed by atoms with Crippen molar-refractivity contribution in [2.24, 2.45) is 0 Å². The van der Waals surface area contributed by atoms with Gasteiger partial charge in [-0.05, 0) is 26.3 Å². The third kappa shape index (κ3) is 5.04. The van der Waals surface area contributed by atoms with Gasteiger partial charge in [-0.25, -0.2) is 4.79 Å². The zero-order chi connectivity index (χ0) is 16.2. The Kier molecular flexibility index (Phi) is 5.77. The number of anilines is 1. The monoisotopic (exact) mass is 323 g/mol. The first kappa shape index (κ1) is 17.5. The number of aryl methyl sites for hydroxylation is 1. The minimum atomic E-state index is -4.39. The Morgan fingerprint density at radius 1 is 1.29 bits per heavy atom. The maximum absolute atomic E-state index is 12.1. The van der Waals surface area contributed by atoms with Gasteiger partial charge < -0.3 is 10.1 Å². The number of esters is 1. The zero-order valence-electron chi connectivity index (χ0n) is 11.9. The Hall–Kier alpha value is -1.57. The molecule has 118 valence electrons. The molecule has 1 amide bonds. The fourth-order valence-corrected chi connectivity index (χ4v) is 2.67. The molecule has 0 radical (unpaired) electrons. The predicted molar refractivity (Wildman–Crippen MR) is 73.7 cm³/mol. The number of alkyl halides is 3. The molecule has 0 aliphatic carbocycles. The van der Waals surface area contributed by atoms with Gasteiger partial charge in [-0.2, -0.15) is 13.2 Å². The summed E-state index contributed by atoms with van der Waals surface area (Å²) in [6.07, 6.45) is -6.26. The third-order valence-electron chi connectivity index (χ3n) is 2.75. The molecule has 1 N–H and O–H groups in total. The van der Waals surface area contributed by atoms with E-state index in [1.54, 1.807) is 20.8 Å². The van der Waals surface area contributed by atoms with Crippen LogP contribution in [-0.2, 0) is 9.53 Å². The number of rotatable bonds is 5. The number of hydrogen-bond donors (Lipinski definition) is 1. The second kappa shape index (κ2) is 6.93. The minimum Gasteiger partial charge on any atom is -0.462 e. The average Bonchev–Trinajstić information content (AvgIpc) is 2.62. The van der Waals surface area contributed by atoms with Gasteiger partial charge in [-0.1, -0.05) is 0 Å². The summed E-state index contributed by atoms with van der Waals surface area (Å²) in [7, 11) is 0. The molecule has 8 heteroatoms. The highest BCUT2D eigenvalue weighted by Gasteiger charge is 2.28. The van der Waals surface area contributed by atoms with Crippen LogP contribution >= 0.6 is 11.3 Å². The van der Waals surface area contributed by atoms with E-state index in [1.807, 2.05) is 0 Å². The van der Waals surface area contributed by atoms with E-state index in [-0.39, 0.29) is 17.2 Å². The Labute approximate surface area is 124 Å². The number of carbonyl (C=O) groups is 2. The first-order chi connectivity index (χ1) is 9.65. The molecular weight excluding hydrogens is 307 g/mol. The molecule has 0 saturated carbocycles. The highest BCUT2D eigenvalue weighted by Crippen LogP contribution is 2.33. The molecule has 1 aromatic rings. The van der Waals surface area contributed by atoms with Crippen molar-refractivity contribution in [3.05, 3.63) is 16.0 Å². The van der Waals surface area contributed by atoms with Gasteiger partial charge in [0.25, 0.3) is 0 Å². The number of thiophene rings is 1. The van der Waals surface area contributed by atoms with Crippen LogP contribution in [0, 0.1) is 13.8 Å².